The predicted molar refractivity (Wildman–Crippen MR) is 104 cm³/mol. The van der Waals surface area contributed by atoms with E-state index in [-0.39, 0.29) is 12.3 Å². The molecule has 2 rings (SSSR count). The SMILES string of the molecule is CCNC(=NCc1ccccc1OC(F)F)NCc1ccc(OC)cc1OC. The van der Waals surface area contributed by atoms with Crippen molar-refractivity contribution in [2.24, 2.45) is 4.99 Å². The molecule has 2 N–H and O–H groups in total. The molecule has 0 unspecified atom stereocenters. The molecule has 28 heavy (non-hydrogen) atoms. The minimum atomic E-state index is -2.88. The topological polar surface area (TPSA) is 64.1 Å². The molecule has 6 nitrogen and oxygen atoms in total. The molecule has 152 valence electrons. The minimum absolute atomic E-state index is 0.119. The lowest BCUT2D eigenvalue weighted by Gasteiger charge is -2.15. The maximum absolute atomic E-state index is 12.6. The molecule has 0 atom stereocenters. The van der Waals surface area contributed by atoms with E-state index in [9.17, 15) is 8.78 Å². The van der Waals surface area contributed by atoms with Gasteiger partial charge in [-0.3, -0.25) is 0 Å². The van der Waals surface area contributed by atoms with Crippen molar-refractivity contribution >= 4 is 5.96 Å². The van der Waals surface area contributed by atoms with Crippen LogP contribution in [0.5, 0.6) is 17.2 Å². The molecule has 0 aliphatic heterocycles. The van der Waals surface area contributed by atoms with Gasteiger partial charge in [-0.1, -0.05) is 18.2 Å². The number of halogens is 2. The van der Waals surface area contributed by atoms with Crippen molar-refractivity contribution in [1.82, 2.24) is 10.6 Å². The van der Waals surface area contributed by atoms with E-state index in [1.54, 1.807) is 38.5 Å². The Kier molecular flexibility index (Phi) is 8.33. The summed E-state index contributed by atoms with van der Waals surface area (Å²) >= 11 is 0. The molecule has 0 aromatic heterocycles. The maximum Gasteiger partial charge on any atom is 0.387 e. The van der Waals surface area contributed by atoms with Gasteiger partial charge in [0.2, 0.25) is 0 Å². The van der Waals surface area contributed by atoms with E-state index in [0.717, 1.165) is 5.56 Å². The molecule has 0 radical (unpaired) electrons. The first-order valence-electron chi connectivity index (χ1n) is 8.83. The van der Waals surface area contributed by atoms with Crippen LogP contribution in [0, 0.1) is 0 Å². The molecule has 0 heterocycles. The van der Waals surface area contributed by atoms with Crippen LogP contribution < -0.4 is 24.8 Å². The van der Waals surface area contributed by atoms with Crippen LogP contribution in [-0.2, 0) is 13.1 Å². The van der Waals surface area contributed by atoms with Crippen LogP contribution >= 0.6 is 0 Å². The van der Waals surface area contributed by atoms with Crippen molar-refractivity contribution in [3.05, 3.63) is 53.6 Å². The summed E-state index contributed by atoms with van der Waals surface area (Å²) in [4.78, 5) is 4.46. The summed E-state index contributed by atoms with van der Waals surface area (Å²) in [5.74, 6) is 2.07. The second-order valence-corrected chi connectivity index (χ2v) is 5.71. The van der Waals surface area contributed by atoms with Crippen LogP contribution in [0.25, 0.3) is 0 Å². The molecular weight excluding hydrogens is 368 g/mol. The van der Waals surface area contributed by atoms with Gasteiger partial charge in [0.05, 0.1) is 20.8 Å². The van der Waals surface area contributed by atoms with E-state index in [1.807, 2.05) is 19.1 Å². The van der Waals surface area contributed by atoms with E-state index in [0.29, 0.717) is 36.1 Å². The Labute approximate surface area is 163 Å². The van der Waals surface area contributed by atoms with Crippen LogP contribution in [0.4, 0.5) is 8.78 Å². The van der Waals surface area contributed by atoms with Gasteiger partial charge < -0.3 is 24.8 Å². The van der Waals surface area contributed by atoms with Crippen molar-refractivity contribution in [1.29, 1.82) is 0 Å². The number of benzene rings is 2. The number of para-hydroxylation sites is 1. The smallest absolute Gasteiger partial charge is 0.387 e. The van der Waals surface area contributed by atoms with Crippen LogP contribution in [0.3, 0.4) is 0 Å². The molecule has 0 fully saturated rings. The fourth-order valence-corrected chi connectivity index (χ4v) is 2.53. The van der Waals surface area contributed by atoms with Crippen molar-refractivity contribution in [3.8, 4) is 17.2 Å². The number of rotatable bonds is 9. The van der Waals surface area contributed by atoms with Gasteiger partial charge >= 0.3 is 6.61 Å². The molecule has 0 spiro atoms. The molecule has 0 saturated heterocycles. The van der Waals surface area contributed by atoms with E-state index < -0.39 is 6.61 Å². The number of nitrogens with one attached hydrogen (secondary N) is 2. The Hall–Kier alpha value is -3.03. The highest BCUT2D eigenvalue weighted by Gasteiger charge is 2.10. The average molecular weight is 393 g/mol. The van der Waals surface area contributed by atoms with Crippen LogP contribution in [0.2, 0.25) is 0 Å². The Morgan fingerprint density at radius 3 is 2.46 bits per heavy atom. The van der Waals surface area contributed by atoms with Crippen LogP contribution in [0.1, 0.15) is 18.1 Å². The van der Waals surface area contributed by atoms with Gasteiger partial charge in [0, 0.05) is 30.3 Å². The summed E-state index contributed by atoms with van der Waals surface area (Å²) in [7, 11) is 3.19. The van der Waals surface area contributed by atoms with Gasteiger partial charge in [0.25, 0.3) is 0 Å². The Morgan fingerprint density at radius 2 is 1.79 bits per heavy atom. The zero-order chi connectivity index (χ0) is 20.4. The lowest BCUT2D eigenvalue weighted by atomic mass is 10.2. The standard InChI is InChI=1S/C20H25F2N3O3/c1-4-23-20(24-12-14-7-5-6-8-17(14)28-19(21)22)25-13-15-9-10-16(26-2)11-18(15)27-3/h5-11,19H,4,12-13H2,1-3H3,(H2,23,24,25). The minimum Gasteiger partial charge on any atom is -0.497 e. The summed E-state index contributed by atoms with van der Waals surface area (Å²) in [5.41, 5.74) is 1.50. The third-order valence-corrected chi connectivity index (χ3v) is 3.88. The highest BCUT2D eigenvalue weighted by Crippen LogP contribution is 2.24. The molecule has 2 aromatic carbocycles. The molecule has 0 aliphatic rings. The summed E-state index contributed by atoms with van der Waals surface area (Å²) < 4.78 is 40.2. The summed E-state index contributed by atoms with van der Waals surface area (Å²) in [6.45, 7) is 0.380. The lowest BCUT2D eigenvalue weighted by molar-refractivity contribution is -0.0504. The van der Waals surface area contributed by atoms with Gasteiger partial charge in [0.1, 0.15) is 17.2 Å². The third kappa shape index (κ3) is 6.29. The largest absolute Gasteiger partial charge is 0.497 e. The number of aliphatic imine (C=N–C) groups is 1. The Morgan fingerprint density at radius 1 is 1.00 bits per heavy atom. The molecular formula is C20H25F2N3O3. The maximum atomic E-state index is 12.6. The predicted octanol–water partition coefficient (Wildman–Crippen LogP) is 3.56. The second-order valence-electron chi connectivity index (χ2n) is 5.71. The molecule has 2 aromatic rings. The number of alkyl halides is 2. The number of hydrogen-bond donors (Lipinski definition) is 2. The van der Waals surface area contributed by atoms with Crippen molar-refractivity contribution in [3.63, 3.8) is 0 Å². The molecule has 0 saturated carbocycles. The van der Waals surface area contributed by atoms with E-state index in [2.05, 4.69) is 20.4 Å². The Balaban J connectivity index is 2.09. The first-order chi connectivity index (χ1) is 13.6. The van der Waals surface area contributed by atoms with Crippen LogP contribution in [-0.4, -0.2) is 33.3 Å². The van der Waals surface area contributed by atoms with Gasteiger partial charge in [-0.2, -0.15) is 8.78 Å². The van der Waals surface area contributed by atoms with E-state index in [4.69, 9.17) is 9.47 Å². The van der Waals surface area contributed by atoms with Gasteiger partial charge in [-0.05, 0) is 25.1 Å². The van der Waals surface area contributed by atoms with Gasteiger partial charge in [-0.15, -0.1) is 0 Å². The number of ether oxygens (including phenoxy) is 3. The van der Waals surface area contributed by atoms with Crippen molar-refractivity contribution in [2.75, 3.05) is 20.8 Å². The quantitative estimate of drug-likeness (QED) is 0.504. The molecule has 8 heteroatoms. The van der Waals surface area contributed by atoms with Crippen LogP contribution in [0.15, 0.2) is 47.5 Å². The normalized spacial score (nSPS) is 11.3. The lowest BCUT2D eigenvalue weighted by Crippen LogP contribution is -2.36. The molecule has 0 amide bonds. The van der Waals surface area contributed by atoms with Gasteiger partial charge in [0.15, 0.2) is 5.96 Å². The van der Waals surface area contributed by atoms with Gasteiger partial charge in [-0.25, -0.2) is 4.99 Å². The molecule has 0 bridgehead atoms. The number of hydrogen-bond acceptors (Lipinski definition) is 4. The first-order valence-corrected chi connectivity index (χ1v) is 8.83. The fourth-order valence-electron chi connectivity index (χ4n) is 2.53. The average Bonchev–Trinajstić information content (AvgIpc) is 2.70. The van der Waals surface area contributed by atoms with E-state index >= 15 is 0 Å². The number of guanidine groups is 1. The summed E-state index contributed by atoms with van der Waals surface area (Å²) in [6, 6.07) is 12.2. The molecule has 0 aliphatic carbocycles. The van der Waals surface area contributed by atoms with E-state index in [1.165, 1.54) is 6.07 Å². The zero-order valence-corrected chi connectivity index (χ0v) is 16.2. The summed E-state index contributed by atoms with van der Waals surface area (Å²) in [5, 5.41) is 6.34. The fraction of sp³-hybridized carbons (Fsp3) is 0.350. The Bertz CT molecular complexity index is 785. The highest BCUT2D eigenvalue weighted by atomic mass is 19.3. The van der Waals surface area contributed by atoms with Crippen molar-refractivity contribution < 1.29 is 23.0 Å². The number of methoxy groups -OCH3 is 2. The van der Waals surface area contributed by atoms with Crippen molar-refractivity contribution in [2.45, 2.75) is 26.6 Å². The first kappa shape index (κ1) is 21.3. The number of nitrogens with zero attached hydrogens (tertiary/aromatic N) is 1. The zero-order valence-electron chi connectivity index (χ0n) is 16.2. The summed E-state index contributed by atoms with van der Waals surface area (Å²) in [6.07, 6.45) is 0. The third-order valence-electron chi connectivity index (χ3n) is 3.88. The monoisotopic (exact) mass is 393 g/mol. The second kappa shape index (κ2) is 11.0. The highest BCUT2D eigenvalue weighted by molar-refractivity contribution is 5.79.